The molecule has 6 atom stereocenters. The van der Waals surface area contributed by atoms with E-state index in [1.54, 1.807) is 0 Å². The molecule has 4 nitrogen and oxygen atoms in total. The zero-order valence-corrected chi connectivity index (χ0v) is 20.8. The van der Waals surface area contributed by atoms with Crippen LogP contribution in [-0.2, 0) is 14.3 Å². The lowest BCUT2D eigenvalue weighted by atomic mass is 9.60. The highest BCUT2D eigenvalue weighted by atomic mass is 16.5. The molecule has 0 bridgehead atoms. The molecule has 2 rings (SSSR count). The van der Waals surface area contributed by atoms with Gasteiger partial charge >= 0.3 is 11.9 Å². The average molecular weight is 437 g/mol. The van der Waals surface area contributed by atoms with Crippen molar-refractivity contribution in [3.05, 3.63) is 0 Å². The number of carbonyl (C=O) groups excluding carboxylic acids is 1. The molecule has 0 spiro atoms. The Morgan fingerprint density at radius 2 is 1.58 bits per heavy atom. The van der Waals surface area contributed by atoms with Crippen LogP contribution in [-0.4, -0.2) is 23.7 Å². The van der Waals surface area contributed by atoms with Gasteiger partial charge in [0.05, 0.1) is 18.4 Å². The van der Waals surface area contributed by atoms with Gasteiger partial charge in [0.2, 0.25) is 0 Å². The van der Waals surface area contributed by atoms with Crippen molar-refractivity contribution >= 4 is 11.9 Å². The largest absolute Gasteiger partial charge is 0.481 e. The summed E-state index contributed by atoms with van der Waals surface area (Å²) in [6, 6.07) is 0. The Kier molecular flexibility index (Phi) is 10.4. The van der Waals surface area contributed by atoms with Gasteiger partial charge in [-0.05, 0) is 54.8 Å². The van der Waals surface area contributed by atoms with Crippen LogP contribution in [0.5, 0.6) is 0 Å². The summed E-state index contributed by atoms with van der Waals surface area (Å²) in [6.07, 6.45) is 13.3. The van der Waals surface area contributed by atoms with Gasteiger partial charge in [-0.25, -0.2) is 0 Å². The number of ether oxygens (including phenoxy) is 1. The topological polar surface area (TPSA) is 63.6 Å². The first kappa shape index (κ1) is 26.2. The van der Waals surface area contributed by atoms with Gasteiger partial charge in [-0.2, -0.15) is 0 Å². The first-order chi connectivity index (χ1) is 14.6. The van der Waals surface area contributed by atoms with Gasteiger partial charge in [-0.1, -0.05) is 86.0 Å². The van der Waals surface area contributed by atoms with Crippen molar-refractivity contribution in [2.45, 2.75) is 112 Å². The van der Waals surface area contributed by atoms with E-state index in [0.29, 0.717) is 42.6 Å². The minimum atomic E-state index is -0.844. The maximum atomic E-state index is 12.8. The molecular weight excluding hydrogens is 388 g/mol. The highest BCUT2D eigenvalue weighted by Crippen LogP contribution is 2.48. The lowest BCUT2D eigenvalue weighted by molar-refractivity contribution is -0.161. The van der Waals surface area contributed by atoms with Crippen LogP contribution in [0.2, 0.25) is 0 Å². The molecule has 2 aliphatic rings. The van der Waals surface area contributed by atoms with E-state index in [1.807, 2.05) is 0 Å². The smallest absolute Gasteiger partial charge is 0.309 e. The van der Waals surface area contributed by atoms with E-state index in [9.17, 15) is 14.7 Å². The fourth-order valence-corrected chi connectivity index (χ4v) is 6.20. The molecule has 6 unspecified atom stereocenters. The Labute approximate surface area is 190 Å². The van der Waals surface area contributed by atoms with Crippen LogP contribution in [0.3, 0.4) is 0 Å². The van der Waals surface area contributed by atoms with Crippen LogP contribution in [0.4, 0.5) is 0 Å². The van der Waals surface area contributed by atoms with Crippen LogP contribution >= 0.6 is 0 Å². The van der Waals surface area contributed by atoms with E-state index in [0.717, 1.165) is 25.2 Å². The van der Waals surface area contributed by atoms with Crippen molar-refractivity contribution in [2.24, 2.45) is 40.9 Å². The van der Waals surface area contributed by atoms with E-state index in [-0.39, 0.29) is 5.97 Å². The molecule has 0 saturated heterocycles. The normalized spacial score (nSPS) is 31.9. The molecule has 0 aromatic rings. The van der Waals surface area contributed by atoms with Gasteiger partial charge in [0, 0.05) is 0 Å². The number of hydrogen-bond acceptors (Lipinski definition) is 3. The summed E-state index contributed by atoms with van der Waals surface area (Å²) in [5, 5.41) is 9.49. The van der Waals surface area contributed by atoms with E-state index in [2.05, 4.69) is 34.6 Å². The Balaban J connectivity index is 1.93. The molecule has 2 saturated carbocycles. The molecule has 0 amide bonds. The summed E-state index contributed by atoms with van der Waals surface area (Å²) in [5.74, 6) is 0.216. The fourth-order valence-electron chi connectivity index (χ4n) is 6.20. The van der Waals surface area contributed by atoms with E-state index in [1.165, 1.54) is 44.9 Å². The van der Waals surface area contributed by atoms with Gasteiger partial charge in [0.15, 0.2) is 0 Å². The SMILES string of the molecule is CCCCCCCC1CC(COC(=O)C2CCCCC2C(=O)O)C(C)CC1C(C)(C)C. The summed E-state index contributed by atoms with van der Waals surface area (Å²) >= 11 is 0. The fraction of sp³-hybridized carbons (Fsp3) is 0.926. The monoisotopic (exact) mass is 436 g/mol. The first-order valence-corrected chi connectivity index (χ1v) is 13.0. The minimum absolute atomic E-state index is 0.270. The van der Waals surface area contributed by atoms with Crippen LogP contribution in [0.1, 0.15) is 112 Å². The summed E-state index contributed by atoms with van der Waals surface area (Å²) < 4.78 is 5.80. The number of carboxylic acids is 1. The molecular formula is C27H48O4. The van der Waals surface area contributed by atoms with Crippen LogP contribution in [0, 0.1) is 40.9 Å². The Morgan fingerprint density at radius 3 is 2.19 bits per heavy atom. The molecule has 4 heteroatoms. The number of carbonyl (C=O) groups is 2. The molecule has 2 aliphatic carbocycles. The number of carboxylic acid groups (broad SMARTS) is 1. The summed E-state index contributed by atoms with van der Waals surface area (Å²) in [7, 11) is 0. The predicted molar refractivity (Wildman–Crippen MR) is 126 cm³/mol. The van der Waals surface area contributed by atoms with Gasteiger partial charge < -0.3 is 9.84 Å². The van der Waals surface area contributed by atoms with Gasteiger partial charge in [0.1, 0.15) is 0 Å². The average Bonchev–Trinajstić information content (AvgIpc) is 2.72. The number of hydrogen-bond donors (Lipinski definition) is 1. The molecule has 0 aliphatic heterocycles. The molecule has 0 radical (unpaired) electrons. The Morgan fingerprint density at radius 1 is 0.935 bits per heavy atom. The second kappa shape index (κ2) is 12.3. The van der Waals surface area contributed by atoms with Gasteiger partial charge in [-0.3, -0.25) is 9.59 Å². The van der Waals surface area contributed by atoms with Crippen molar-refractivity contribution in [1.29, 1.82) is 0 Å². The molecule has 31 heavy (non-hydrogen) atoms. The third-order valence-corrected chi connectivity index (χ3v) is 8.22. The highest BCUT2D eigenvalue weighted by Gasteiger charge is 2.41. The first-order valence-electron chi connectivity index (χ1n) is 13.0. The quantitative estimate of drug-likeness (QED) is 0.293. The third-order valence-electron chi connectivity index (χ3n) is 8.22. The lowest BCUT2D eigenvalue weighted by Gasteiger charge is -2.46. The van der Waals surface area contributed by atoms with Crippen LogP contribution in [0.15, 0.2) is 0 Å². The zero-order chi connectivity index (χ0) is 23.0. The number of rotatable bonds is 10. The molecule has 0 aromatic heterocycles. The van der Waals surface area contributed by atoms with E-state index in [4.69, 9.17) is 4.74 Å². The maximum Gasteiger partial charge on any atom is 0.309 e. The molecule has 2 fully saturated rings. The number of esters is 1. The molecule has 0 heterocycles. The van der Waals surface area contributed by atoms with Crippen LogP contribution in [0.25, 0.3) is 0 Å². The van der Waals surface area contributed by atoms with E-state index >= 15 is 0 Å². The molecule has 1 N–H and O–H groups in total. The second-order valence-corrected chi connectivity index (χ2v) is 11.6. The van der Waals surface area contributed by atoms with Gasteiger partial charge in [0.25, 0.3) is 0 Å². The summed E-state index contributed by atoms with van der Waals surface area (Å²) in [5.41, 5.74) is 0.306. The highest BCUT2D eigenvalue weighted by molar-refractivity contribution is 5.81. The molecule has 180 valence electrons. The minimum Gasteiger partial charge on any atom is -0.481 e. The summed E-state index contributed by atoms with van der Waals surface area (Å²) in [6.45, 7) is 12.2. The number of aliphatic carboxylic acids is 1. The van der Waals surface area contributed by atoms with Crippen molar-refractivity contribution in [3.8, 4) is 0 Å². The van der Waals surface area contributed by atoms with Crippen molar-refractivity contribution in [1.82, 2.24) is 0 Å². The van der Waals surface area contributed by atoms with Crippen molar-refractivity contribution in [2.75, 3.05) is 6.61 Å². The molecule has 0 aromatic carbocycles. The zero-order valence-electron chi connectivity index (χ0n) is 20.8. The predicted octanol–water partition coefficient (Wildman–Crippen LogP) is 7.11. The Hall–Kier alpha value is -1.06. The Bertz CT molecular complexity index is 564. The summed E-state index contributed by atoms with van der Waals surface area (Å²) in [4.78, 5) is 24.3. The van der Waals surface area contributed by atoms with Crippen LogP contribution < -0.4 is 0 Å². The third kappa shape index (κ3) is 7.79. The number of unbranched alkanes of at least 4 members (excludes halogenated alkanes) is 4. The lowest BCUT2D eigenvalue weighted by Crippen LogP contribution is -2.40. The van der Waals surface area contributed by atoms with Gasteiger partial charge in [-0.15, -0.1) is 0 Å². The van der Waals surface area contributed by atoms with Crippen molar-refractivity contribution in [3.63, 3.8) is 0 Å². The van der Waals surface area contributed by atoms with Crippen molar-refractivity contribution < 1.29 is 19.4 Å². The maximum absolute atomic E-state index is 12.8. The second-order valence-electron chi connectivity index (χ2n) is 11.6. The van der Waals surface area contributed by atoms with E-state index < -0.39 is 17.8 Å². The standard InChI is InChI=1S/C27H48O4/c1-6-7-8-9-10-13-20-17-21(19(2)16-24(20)27(3,4)5)18-31-26(30)23-15-12-11-14-22(23)25(28)29/h19-24H,6-18H2,1-5H3,(H,28,29).